The van der Waals surface area contributed by atoms with Gasteiger partial charge in [-0.05, 0) is 40.5 Å². The van der Waals surface area contributed by atoms with Crippen LogP contribution in [0.2, 0.25) is 0 Å². The molecule has 1 fully saturated rings. The lowest BCUT2D eigenvalue weighted by Gasteiger charge is -2.36. The Morgan fingerprint density at radius 2 is 2.37 bits per heavy atom. The minimum Gasteiger partial charge on any atom is -0.389 e. The van der Waals surface area contributed by atoms with Crippen LogP contribution in [0.3, 0.4) is 0 Å². The Morgan fingerprint density at radius 3 is 2.95 bits per heavy atom. The molecule has 6 heteroatoms. The van der Waals surface area contributed by atoms with E-state index in [9.17, 15) is 9.90 Å². The molecule has 1 aromatic carbocycles. The van der Waals surface area contributed by atoms with Crippen LogP contribution < -0.4 is 10.6 Å². The summed E-state index contributed by atoms with van der Waals surface area (Å²) in [5.41, 5.74) is 7.11. The van der Waals surface area contributed by atoms with Crippen LogP contribution in [-0.4, -0.2) is 36.8 Å². The first-order valence-electron chi connectivity index (χ1n) is 6.12. The van der Waals surface area contributed by atoms with Crippen molar-refractivity contribution in [1.82, 2.24) is 0 Å². The number of halogens is 1. The molecule has 1 heterocycles. The first kappa shape index (κ1) is 14.3. The summed E-state index contributed by atoms with van der Waals surface area (Å²) >= 11 is 3.48. The van der Waals surface area contributed by atoms with Crippen LogP contribution in [0.25, 0.3) is 0 Å². The van der Waals surface area contributed by atoms with E-state index in [1.165, 1.54) is 0 Å². The van der Waals surface area contributed by atoms with Gasteiger partial charge in [-0.3, -0.25) is 4.79 Å². The van der Waals surface area contributed by atoms with Crippen LogP contribution >= 0.6 is 15.9 Å². The Morgan fingerprint density at radius 1 is 1.63 bits per heavy atom. The number of carbonyl (C=O) groups excluding carboxylic acids is 1. The number of aliphatic hydroxyl groups is 1. The topological polar surface area (TPSA) is 75.8 Å². The molecule has 2 atom stereocenters. The second-order valence-corrected chi connectivity index (χ2v) is 5.43. The van der Waals surface area contributed by atoms with Crippen molar-refractivity contribution >= 4 is 27.5 Å². The van der Waals surface area contributed by atoms with E-state index in [0.29, 0.717) is 19.8 Å². The van der Waals surface area contributed by atoms with Gasteiger partial charge in [0, 0.05) is 11.0 Å². The SMILES string of the molecule is CC(O)c1ccc(N2CCOCC2C(N)=O)c(Br)c1. The van der Waals surface area contributed by atoms with Gasteiger partial charge in [0.15, 0.2) is 0 Å². The third-order valence-electron chi connectivity index (χ3n) is 3.22. The average Bonchev–Trinajstić information content (AvgIpc) is 2.38. The number of ether oxygens (including phenoxy) is 1. The smallest absolute Gasteiger partial charge is 0.242 e. The zero-order valence-electron chi connectivity index (χ0n) is 10.7. The minimum absolute atomic E-state index is 0.305. The van der Waals surface area contributed by atoms with Crippen LogP contribution in [-0.2, 0) is 9.53 Å². The molecule has 0 saturated carbocycles. The number of rotatable bonds is 3. The van der Waals surface area contributed by atoms with Crippen LogP contribution in [0.5, 0.6) is 0 Å². The Bertz CT molecular complexity index is 479. The van der Waals surface area contributed by atoms with E-state index in [1.54, 1.807) is 6.92 Å². The van der Waals surface area contributed by atoms with Crippen molar-refractivity contribution in [3.8, 4) is 0 Å². The molecule has 19 heavy (non-hydrogen) atoms. The summed E-state index contributed by atoms with van der Waals surface area (Å²) in [7, 11) is 0. The summed E-state index contributed by atoms with van der Waals surface area (Å²) < 4.78 is 6.13. The fourth-order valence-corrected chi connectivity index (χ4v) is 2.77. The maximum Gasteiger partial charge on any atom is 0.242 e. The van der Waals surface area contributed by atoms with Crippen molar-refractivity contribution in [2.45, 2.75) is 19.1 Å². The van der Waals surface area contributed by atoms with Gasteiger partial charge in [0.1, 0.15) is 6.04 Å². The van der Waals surface area contributed by atoms with E-state index in [0.717, 1.165) is 15.7 Å². The standard InChI is InChI=1S/C13H17BrN2O3/c1-8(17)9-2-3-11(10(14)6-9)16-4-5-19-7-12(16)13(15)18/h2-3,6,8,12,17H,4-5,7H2,1H3,(H2,15,18). The molecule has 5 nitrogen and oxygen atoms in total. The zero-order chi connectivity index (χ0) is 14.0. The molecule has 0 aromatic heterocycles. The van der Waals surface area contributed by atoms with E-state index in [4.69, 9.17) is 10.5 Å². The van der Waals surface area contributed by atoms with Crippen LogP contribution in [0, 0.1) is 0 Å². The van der Waals surface area contributed by atoms with E-state index in [-0.39, 0.29) is 0 Å². The first-order valence-corrected chi connectivity index (χ1v) is 6.91. The lowest BCUT2D eigenvalue weighted by molar-refractivity contribution is -0.121. The highest BCUT2D eigenvalue weighted by molar-refractivity contribution is 9.10. The van der Waals surface area contributed by atoms with Crippen LogP contribution in [0.15, 0.2) is 22.7 Å². The molecule has 1 aliphatic rings. The number of benzene rings is 1. The van der Waals surface area contributed by atoms with Gasteiger partial charge < -0.3 is 20.5 Å². The minimum atomic E-state index is -0.526. The van der Waals surface area contributed by atoms with E-state index < -0.39 is 18.1 Å². The second-order valence-electron chi connectivity index (χ2n) is 4.57. The van der Waals surface area contributed by atoms with Gasteiger partial charge in [-0.15, -0.1) is 0 Å². The third kappa shape index (κ3) is 3.08. The molecule has 0 bridgehead atoms. The average molecular weight is 329 g/mol. The molecule has 2 rings (SSSR count). The van der Waals surface area contributed by atoms with E-state index in [1.807, 2.05) is 23.1 Å². The number of hydrogen-bond acceptors (Lipinski definition) is 4. The van der Waals surface area contributed by atoms with Gasteiger partial charge in [-0.25, -0.2) is 0 Å². The highest BCUT2D eigenvalue weighted by Gasteiger charge is 2.29. The van der Waals surface area contributed by atoms with Gasteiger partial charge >= 0.3 is 0 Å². The van der Waals surface area contributed by atoms with E-state index >= 15 is 0 Å². The molecule has 1 saturated heterocycles. The molecule has 104 valence electrons. The Balaban J connectivity index is 2.31. The Labute approximate surface area is 120 Å². The zero-order valence-corrected chi connectivity index (χ0v) is 12.3. The normalized spacial score (nSPS) is 21.2. The highest BCUT2D eigenvalue weighted by Crippen LogP contribution is 2.31. The molecule has 1 aromatic rings. The number of amides is 1. The largest absolute Gasteiger partial charge is 0.389 e. The molecule has 0 spiro atoms. The monoisotopic (exact) mass is 328 g/mol. The maximum atomic E-state index is 11.5. The summed E-state index contributed by atoms with van der Waals surface area (Å²) in [6.07, 6.45) is -0.526. The number of anilines is 1. The molecule has 0 aliphatic carbocycles. The molecule has 1 aliphatic heterocycles. The van der Waals surface area contributed by atoms with Crippen molar-refractivity contribution in [1.29, 1.82) is 0 Å². The summed E-state index contributed by atoms with van der Waals surface area (Å²) in [6, 6.07) is 5.13. The fraction of sp³-hybridized carbons (Fsp3) is 0.462. The van der Waals surface area contributed by atoms with Crippen LogP contribution in [0.1, 0.15) is 18.6 Å². The predicted molar refractivity (Wildman–Crippen MR) is 75.9 cm³/mol. The number of aliphatic hydroxyl groups excluding tert-OH is 1. The van der Waals surface area contributed by atoms with Gasteiger partial charge in [0.25, 0.3) is 0 Å². The summed E-state index contributed by atoms with van der Waals surface area (Å²) in [4.78, 5) is 13.4. The molecule has 1 amide bonds. The summed E-state index contributed by atoms with van der Waals surface area (Å²) in [5, 5.41) is 9.56. The summed E-state index contributed by atoms with van der Waals surface area (Å²) in [6.45, 7) is 3.19. The van der Waals surface area contributed by atoms with Crippen molar-refractivity contribution in [2.24, 2.45) is 5.73 Å². The van der Waals surface area contributed by atoms with Crippen molar-refractivity contribution in [2.75, 3.05) is 24.7 Å². The maximum absolute atomic E-state index is 11.5. The van der Waals surface area contributed by atoms with Crippen molar-refractivity contribution < 1.29 is 14.6 Å². The van der Waals surface area contributed by atoms with Gasteiger partial charge in [0.2, 0.25) is 5.91 Å². The Kier molecular flexibility index (Phi) is 4.44. The van der Waals surface area contributed by atoms with Gasteiger partial charge in [-0.2, -0.15) is 0 Å². The van der Waals surface area contributed by atoms with Crippen molar-refractivity contribution in [3.05, 3.63) is 28.2 Å². The van der Waals surface area contributed by atoms with Crippen molar-refractivity contribution in [3.63, 3.8) is 0 Å². The predicted octanol–water partition coefficient (Wildman–Crippen LogP) is 1.19. The number of primary amides is 1. The third-order valence-corrected chi connectivity index (χ3v) is 3.86. The van der Waals surface area contributed by atoms with E-state index in [2.05, 4.69) is 15.9 Å². The molecular weight excluding hydrogens is 312 g/mol. The number of hydrogen-bond donors (Lipinski definition) is 2. The highest BCUT2D eigenvalue weighted by atomic mass is 79.9. The molecular formula is C13H17BrN2O3. The van der Waals surface area contributed by atoms with Crippen LogP contribution in [0.4, 0.5) is 5.69 Å². The van der Waals surface area contributed by atoms with Gasteiger partial charge in [0.05, 0.1) is 25.0 Å². The molecule has 2 unspecified atom stereocenters. The first-order chi connectivity index (χ1) is 9.00. The summed E-state index contributed by atoms with van der Waals surface area (Å²) in [5.74, 6) is -0.397. The lowest BCUT2D eigenvalue weighted by atomic mass is 10.1. The lowest BCUT2D eigenvalue weighted by Crippen LogP contribution is -2.52. The quantitative estimate of drug-likeness (QED) is 0.874. The fourth-order valence-electron chi connectivity index (χ4n) is 2.14. The van der Waals surface area contributed by atoms with Gasteiger partial charge in [-0.1, -0.05) is 6.07 Å². The number of nitrogens with zero attached hydrogens (tertiary/aromatic N) is 1. The second kappa shape index (κ2) is 5.90. The number of nitrogens with two attached hydrogens (primary N) is 1. The number of morpholine rings is 1. The number of carbonyl (C=O) groups is 1. The molecule has 0 radical (unpaired) electrons. The Hall–Kier alpha value is -1.11. The molecule has 3 N–H and O–H groups in total.